The first-order chi connectivity index (χ1) is 16.9. The van der Waals surface area contributed by atoms with Gasteiger partial charge in [-0.2, -0.15) is 0 Å². The second-order valence-electron chi connectivity index (χ2n) is 9.47. The van der Waals surface area contributed by atoms with Gasteiger partial charge in [-0.25, -0.2) is 4.79 Å². The molecule has 0 heterocycles. The Morgan fingerprint density at radius 3 is 2.42 bits per heavy atom. The van der Waals surface area contributed by atoms with Gasteiger partial charge in [-0.1, -0.05) is 55.5 Å². The molecular formula is C25H38Cl2NO7P. The van der Waals surface area contributed by atoms with Gasteiger partial charge in [0.1, 0.15) is 6.23 Å². The molecule has 0 saturated heterocycles. The molecule has 1 fully saturated rings. The summed E-state index contributed by atoms with van der Waals surface area (Å²) in [7, 11) is -3.50. The molecule has 2 rings (SSSR count). The Labute approximate surface area is 223 Å². The molecular weight excluding hydrogens is 528 g/mol. The van der Waals surface area contributed by atoms with Crippen LogP contribution in [0.15, 0.2) is 18.2 Å². The van der Waals surface area contributed by atoms with Crippen molar-refractivity contribution in [1.82, 2.24) is 4.90 Å². The zero-order valence-corrected chi connectivity index (χ0v) is 23.6. The molecule has 3 unspecified atom stereocenters. The quantitative estimate of drug-likeness (QED) is 0.164. The lowest BCUT2D eigenvalue weighted by Gasteiger charge is -2.34. The monoisotopic (exact) mass is 565 g/mol. The molecule has 0 radical (unpaired) electrons. The first kappa shape index (κ1) is 30.9. The van der Waals surface area contributed by atoms with E-state index in [0.717, 1.165) is 37.0 Å². The highest BCUT2D eigenvalue weighted by Crippen LogP contribution is 2.46. The predicted octanol–water partition coefficient (Wildman–Crippen LogP) is 6.74. The van der Waals surface area contributed by atoms with Crippen LogP contribution < -0.4 is 0 Å². The van der Waals surface area contributed by atoms with Gasteiger partial charge in [-0.05, 0) is 49.8 Å². The number of halogens is 2. The molecule has 11 heteroatoms. The van der Waals surface area contributed by atoms with E-state index in [-0.39, 0.29) is 36.1 Å². The van der Waals surface area contributed by atoms with Gasteiger partial charge in [-0.15, -0.1) is 0 Å². The van der Waals surface area contributed by atoms with E-state index >= 15 is 0 Å². The lowest BCUT2D eigenvalue weighted by Crippen LogP contribution is -2.44. The van der Waals surface area contributed by atoms with Crippen LogP contribution in [0.4, 0.5) is 4.79 Å². The third kappa shape index (κ3) is 9.86. The van der Waals surface area contributed by atoms with Crippen molar-refractivity contribution in [2.75, 3.05) is 12.3 Å². The van der Waals surface area contributed by atoms with Crippen LogP contribution in [-0.2, 0) is 18.8 Å². The Morgan fingerprint density at radius 2 is 1.81 bits per heavy atom. The summed E-state index contributed by atoms with van der Waals surface area (Å²) in [6.07, 6.45) is 2.36. The number of nitrogens with zero attached hydrogens (tertiary/aromatic N) is 1. The molecule has 1 aromatic rings. The maximum atomic E-state index is 13.1. The van der Waals surface area contributed by atoms with E-state index in [1.54, 1.807) is 25.1 Å². The number of carbonyl (C=O) groups excluding carboxylic acids is 2. The van der Waals surface area contributed by atoms with Crippen LogP contribution in [-0.4, -0.2) is 51.8 Å². The number of hydrogen-bond donors (Lipinski definition) is 2. The Kier molecular flexibility index (Phi) is 12.5. The zero-order chi connectivity index (χ0) is 26.9. The van der Waals surface area contributed by atoms with E-state index in [4.69, 9.17) is 32.7 Å². The average Bonchev–Trinajstić information content (AvgIpc) is 2.80. The maximum Gasteiger partial charge on any atom is 0.415 e. The van der Waals surface area contributed by atoms with E-state index in [9.17, 15) is 24.2 Å². The molecule has 1 saturated carbocycles. The first-order valence-corrected chi connectivity index (χ1v) is 15.3. The Bertz CT molecular complexity index is 926. The molecule has 204 valence electrons. The number of carbonyl (C=O) groups is 2. The van der Waals surface area contributed by atoms with Crippen molar-refractivity contribution in [2.24, 2.45) is 5.92 Å². The summed E-state index contributed by atoms with van der Waals surface area (Å²) in [5.74, 6) is -0.298. The molecule has 0 aromatic heterocycles. The highest BCUT2D eigenvalue weighted by molar-refractivity contribution is 7.58. The normalized spacial score (nSPS) is 18.5. The Morgan fingerprint density at radius 1 is 1.14 bits per heavy atom. The van der Waals surface area contributed by atoms with Crippen molar-refractivity contribution in [3.8, 4) is 0 Å². The summed E-state index contributed by atoms with van der Waals surface area (Å²) in [5, 5.41) is 11.6. The van der Waals surface area contributed by atoms with Crippen molar-refractivity contribution in [3.05, 3.63) is 33.8 Å². The number of ether oxygens (including phenoxy) is 2. The van der Waals surface area contributed by atoms with E-state index in [0.29, 0.717) is 17.0 Å². The SMILES string of the molecule is CCCC(=O)OC(C)OC(=O)N(C(O)CCP(=O)(O)CC1CCCCC1)[C@H](C)c1ccc(Cl)c(Cl)c1. The first-order valence-electron chi connectivity index (χ1n) is 12.6. The lowest BCUT2D eigenvalue weighted by molar-refractivity contribution is -0.168. The van der Waals surface area contributed by atoms with Crippen LogP contribution in [0.3, 0.4) is 0 Å². The van der Waals surface area contributed by atoms with Crippen LogP contribution >= 0.6 is 30.6 Å². The number of benzene rings is 1. The number of hydrogen-bond acceptors (Lipinski definition) is 6. The summed E-state index contributed by atoms with van der Waals surface area (Å²) in [5.41, 5.74) is 0.574. The minimum absolute atomic E-state index is 0.120. The minimum atomic E-state index is -3.50. The molecule has 4 atom stereocenters. The summed E-state index contributed by atoms with van der Waals surface area (Å²) in [6.45, 7) is 4.90. The number of aliphatic hydroxyl groups is 1. The molecule has 1 aliphatic rings. The van der Waals surface area contributed by atoms with Crippen molar-refractivity contribution < 1.29 is 33.6 Å². The van der Waals surface area contributed by atoms with Gasteiger partial charge < -0.3 is 19.5 Å². The number of amides is 1. The molecule has 0 spiro atoms. The molecule has 2 N–H and O–H groups in total. The summed E-state index contributed by atoms with van der Waals surface area (Å²) in [6, 6.07) is 4.09. The van der Waals surface area contributed by atoms with Gasteiger partial charge in [0.15, 0.2) is 0 Å². The lowest BCUT2D eigenvalue weighted by atomic mass is 9.91. The molecule has 0 bridgehead atoms. The van der Waals surface area contributed by atoms with E-state index in [2.05, 4.69) is 0 Å². The van der Waals surface area contributed by atoms with Gasteiger partial charge in [-0.3, -0.25) is 14.3 Å². The topological polar surface area (TPSA) is 113 Å². The fourth-order valence-corrected chi connectivity index (χ4v) is 6.76. The smallest absolute Gasteiger partial charge is 0.415 e. The van der Waals surface area contributed by atoms with Gasteiger partial charge in [0, 0.05) is 32.1 Å². The van der Waals surface area contributed by atoms with E-state index < -0.39 is 38.0 Å². The third-order valence-corrected chi connectivity index (χ3v) is 9.18. The second-order valence-corrected chi connectivity index (χ2v) is 12.8. The van der Waals surface area contributed by atoms with Crippen molar-refractivity contribution in [3.63, 3.8) is 0 Å². The predicted molar refractivity (Wildman–Crippen MR) is 140 cm³/mol. The Balaban J connectivity index is 2.15. The van der Waals surface area contributed by atoms with Crippen LogP contribution in [0.25, 0.3) is 0 Å². The number of rotatable bonds is 12. The second kappa shape index (κ2) is 14.6. The van der Waals surface area contributed by atoms with E-state index in [1.807, 2.05) is 6.92 Å². The molecule has 8 nitrogen and oxygen atoms in total. The van der Waals surface area contributed by atoms with Crippen LogP contribution in [0.1, 0.15) is 83.7 Å². The van der Waals surface area contributed by atoms with Crippen molar-refractivity contribution in [2.45, 2.75) is 90.7 Å². The van der Waals surface area contributed by atoms with E-state index in [1.165, 1.54) is 6.92 Å². The number of esters is 1. The molecule has 0 aliphatic heterocycles. The van der Waals surface area contributed by atoms with Crippen LogP contribution in [0.5, 0.6) is 0 Å². The fourth-order valence-electron chi connectivity index (χ4n) is 4.47. The minimum Gasteiger partial charge on any atom is -0.425 e. The summed E-state index contributed by atoms with van der Waals surface area (Å²) < 4.78 is 23.3. The Hall–Kier alpha value is -1.31. The standard InChI is InChI=1S/C25H38Cl2NO7P/c1-4-8-24(30)34-18(3)35-25(31)28(17(2)20-11-12-21(26)22(27)15-20)23(29)13-14-36(32,33)16-19-9-6-5-7-10-19/h11-12,15,17-19,23,29H,4-10,13-14,16H2,1-3H3,(H,32,33)/t17-,18?,23?/m1/s1. The maximum absolute atomic E-state index is 13.1. The summed E-state index contributed by atoms with van der Waals surface area (Å²) in [4.78, 5) is 36.5. The number of aliphatic hydroxyl groups excluding tert-OH is 1. The highest BCUT2D eigenvalue weighted by Gasteiger charge is 2.33. The molecule has 1 amide bonds. The molecule has 36 heavy (non-hydrogen) atoms. The largest absolute Gasteiger partial charge is 0.425 e. The van der Waals surface area contributed by atoms with Crippen LogP contribution in [0.2, 0.25) is 10.0 Å². The third-order valence-electron chi connectivity index (χ3n) is 6.40. The van der Waals surface area contributed by atoms with Gasteiger partial charge in [0.25, 0.3) is 0 Å². The van der Waals surface area contributed by atoms with Gasteiger partial charge in [0.05, 0.1) is 16.1 Å². The molecule has 1 aliphatic carbocycles. The van der Waals surface area contributed by atoms with Crippen LogP contribution in [0, 0.1) is 5.92 Å². The van der Waals surface area contributed by atoms with Gasteiger partial charge >= 0.3 is 12.1 Å². The molecule has 1 aromatic carbocycles. The fraction of sp³-hybridized carbons (Fsp3) is 0.680. The van der Waals surface area contributed by atoms with Crippen molar-refractivity contribution >= 4 is 42.6 Å². The summed E-state index contributed by atoms with van der Waals surface area (Å²) >= 11 is 12.2. The highest BCUT2D eigenvalue weighted by atomic mass is 35.5. The average molecular weight is 566 g/mol. The zero-order valence-electron chi connectivity index (χ0n) is 21.2. The van der Waals surface area contributed by atoms with Crippen molar-refractivity contribution in [1.29, 1.82) is 0 Å². The van der Waals surface area contributed by atoms with Gasteiger partial charge in [0.2, 0.25) is 13.7 Å².